The fourth-order valence-electron chi connectivity index (χ4n) is 1.67. The van der Waals surface area contributed by atoms with Crippen LogP contribution in [0.1, 0.15) is 17.1 Å². The summed E-state index contributed by atoms with van der Waals surface area (Å²) >= 11 is 0. The van der Waals surface area contributed by atoms with Gasteiger partial charge in [-0.1, -0.05) is 6.08 Å². The molecule has 0 bridgehead atoms. The van der Waals surface area contributed by atoms with Crippen LogP contribution in [0.2, 0.25) is 0 Å². The molecule has 0 aromatic carbocycles. The van der Waals surface area contributed by atoms with E-state index in [2.05, 4.69) is 15.0 Å². The van der Waals surface area contributed by atoms with E-state index in [4.69, 9.17) is 5.73 Å². The van der Waals surface area contributed by atoms with Crippen LogP contribution in [0.5, 0.6) is 0 Å². The highest BCUT2D eigenvalue weighted by Gasteiger charge is 2.25. The fourth-order valence-corrected chi connectivity index (χ4v) is 1.67. The molecule has 1 unspecified atom stereocenters. The van der Waals surface area contributed by atoms with E-state index in [9.17, 15) is 9.59 Å². The number of hydrogen-bond acceptors (Lipinski definition) is 4. The third-order valence-electron chi connectivity index (χ3n) is 2.62. The molecule has 2 rings (SSSR count). The summed E-state index contributed by atoms with van der Waals surface area (Å²) in [5, 5.41) is 0. The highest BCUT2D eigenvalue weighted by molar-refractivity contribution is 6.20. The lowest BCUT2D eigenvalue weighted by Gasteiger charge is -2.13. The zero-order valence-electron chi connectivity index (χ0n) is 10.0. The summed E-state index contributed by atoms with van der Waals surface area (Å²) in [5.41, 5.74) is 7.27. The summed E-state index contributed by atoms with van der Waals surface area (Å²) in [4.78, 5) is 34.5. The summed E-state index contributed by atoms with van der Waals surface area (Å²) in [5.74, 6) is -1.66. The molecule has 6 heteroatoms. The van der Waals surface area contributed by atoms with E-state index in [-0.39, 0.29) is 0 Å². The van der Waals surface area contributed by atoms with Crippen LogP contribution in [0.4, 0.5) is 0 Å². The highest BCUT2D eigenvalue weighted by atomic mass is 16.2. The number of hydrogen-bond donors (Lipinski definition) is 1. The van der Waals surface area contributed by atoms with Crippen molar-refractivity contribution in [2.45, 2.75) is 13.8 Å². The number of aromatic nitrogens is 2. The molecule has 0 fully saturated rings. The van der Waals surface area contributed by atoms with Gasteiger partial charge in [0.25, 0.3) is 5.91 Å². The van der Waals surface area contributed by atoms with Crippen LogP contribution in [-0.4, -0.2) is 28.0 Å². The van der Waals surface area contributed by atoms with Gasteiger partial charge in [-0.3, -0.25) is 9.59 Å². The molecule has 1 atom stereocenters. The average molecular weight is 244 g/mol. The van der Waals surface area contributed by atoms with Crippen molar-refractivity contribution in [1.82, 2.24) is 9.97 Å². The highest BCUT2D eigenvalue weighted by Crippen LogP contribution is 2.20. The first kappa shape index (κ1) is 12.1. The predicted molar refractivity (Wildman–Crippen MR) is 65.7 cm³/mol. The van der Waals surface area contributed by atoms with Gasteiger partial charge in [0.05, 0.1) is 5.69 Å². The summed E-state index contributed by atoms with van der Waals surface area (Å²) in [7, 11) is 0. The van der Waals surface area contributed by atoms with E-state index in [0.29, 0.717) is 17.1 Å². The Hall–Kier alpha value is -2.37. The van der Waals surface area contributed by atoms with E-state index >= 15 is 0 Å². The van der Waals surface area contributed by atoms with Crippen molar-refractivity contribution in [3.8, 4) is 0 Å². The smallest absolute Gasteiger partial charge is 0.262 e. The summed E-state index contributed by atoms with van der Waals surface area (Å²) in [6.45, 7) is 3.61. The number of dihydropyridines is 1. The molecule has 0 aliphatic carbocycles. The normalized spacial score (nSPS) is 18.7. The second-order valence-electron chi connectivity index (χ2n) is 4.05. The van der Waals surface area contributed by atoms with Crippen molar-refractivity contribution in [3.05, 3.63) is 29.4 Å². The number of primary amides is 1. The van der Waals surface area contributed by atoms with E-state index in [1.54, 1.807) is 13.1 Å². The average Bonchev–Trinajstić information content (AvgIpc) is 2.33. The number of aliphatic imine (C=N–C) groups is 1. The Bertz CT molecular complexity index is 590. The molecule has 92 valence electrons. The fraction of sp³-hybridized carbons (Fsp3) is 0.250. The number of rotatable bonds is 2. The van der Waals surface area contributed by atoms with Gasteiger partial charge in [-0.05, 0) is 19.4 Å². The van der Waals surface area contributed by atoms with E-state index < -0.39 is 17.7 Å². The third kappa shape index (κ3) is 2.17. The zero-order valence-corrected chi connectivity index (χ0v) is 10.0. The molecule has 18 heavy (non-hydrogen) atoms. The second kappa shape index (κ2) is 4.48. The van der Waals surface area contributed by atoms with Gasteiger partial charge in [0.2, 0.25) is 5.91 Å². The molecular formula is C12H12N4O2. The van der Waals surface area contributed by atoms with Crippen LogP contribution in [0.25, 0.3) is 5.57 Å². The number of carbonyl (C=O) groups is 2. The van der Waals surface area contributed by atoms with E-state index in [1.807, 2.05) is 6.92 Å². The van der Waals surface area contributed by atoms with Crippen molar-refractivity contribution in [2.24, 2.45) is 16.6 Å². The molecule has 1 aromatic rings. The minimum Gasteiger partial charge on any atom is -0.369 e. The number of nitrogens with two attached hydrogens (primary N) is 1. The molecule has 1 aliphatic rings. The lowest BCUT2D eigenvalue weighted by atomic mass is 9.98. The van der Waals surface area contributed by atoms with Crippen molar-refractivity contribution in [3.63, 3.8) is 0 Å². The van der Waals surface area contributed by atoms with Crippen molar-refractivity contribution >= 4 is 23.6 Å². The predicted octanol–water partition coefficient (Wildman–Crippen LogP) is 0.189. The molecule has 0 radical (unpaired) electrons. The van der Waals surface area contributed by atoms with Crippen LogP contribution in [0.3, 0.4) is 0 Å². The van der Waals surface area contributed by atoms with Crippen LogP contribution >= 0.6 is 0 Å². The number of aryl methyl sites for hydroxylation is 2. The Labute approximate surface area is 104 Å². The van der Waals surface area contributed by atoms with Gasteiger partial charge in [-0.25, -0.2) is 15.0 Å². The number of nitrogens with zero attached hydrogens (tertiary/aromatic N) is 3. The molecule has 0 saturated carbocycles. The molecule has 1 aliphatic heterocycles. The standard InChI is InChI=1S/C12H12N4O2/c1-6-4-14-7(2)16-10(6)8-3-9(11(13)17)12(18)15-5-8/h3-5,9H,1-2H3,(H2,13,17). The van der Waals surface area contributed by atoms with E-state index in [0.717, 1.165) is 5.56 Å². The van der Waals surface area contributed by atoms with Gasteiger partial charge in [-0.15, -0.1) is 0 Å². The second-order valence-corrected chi connectivity index (χ2v) is 4.05. The lowest BCUT2D eigenvalue weighted by molar-refractivity contribution is -0.129. The largest absolute Gasteiger partial charge is 0.369 e. The first-order valence-electron chi connectivity index (χ1n) is 5.38. The minimum atomic E-state index is -1.01. The number of carbonyl (C=O) groups excluding carboxylic acids is 2. The first-order chi connectivity index (χ1) is 8.49. The number of amides is 2. The molecule has 2 N–H and O–H groups in total. The molecular weight excluding hydrogens is 232 g/mol. The topological polar surface area (TPSA) is 98.3 Å². The first-order valence-corrected chi connectivity index (χ1v) is 5.38. The Morgan fingerprint density at radius 2 is 2.11 bits per heavy atom. The van der Waals surface area contributed by atoms with Gasteiger partial charge in [-0.2, -0.15) is 0 Å². The maximum Gasteiger partial charge on any atom is 0.262 e. The minimum absolute atomic E-state index is 0.547. The molecule has 0 spiro atoms. The third-order valence-corrected chi connectivity index (χ3v) is 2.62. The Morgan fingerprint density at radius 1 is 1.39 bits per heavy atom. The monoisotopic (exact) mass is 244 g/mol. The van der Waals surface area contributed by atoms with Gasteiger partial charge in [0.15, 0.2) is 0 Å². The van der Waals surface area contributed by atoms with Gasteiger partial charge < -0.3 is 5.73 Å². The van der Waals surface area contributed by atoms with E-state index in [1.165, 1.54) is 12.3 Å². The quantitative estimate of drug-likeness (QED) is 0.750. The van der Waals surface area contributed by atoms with Crippen LogP contribution in [-0.2, 0) is 9.59 Å². The SMILES string of the molecule is Cc1ncc(C)c(C2=CC(C(N)=O)C(=O)N=C2)n1. The Kier molecular flexibility index (Phi) is 3.01. The maximum absolute atomic E-state index is 11.4. The van der Waals surface area contributed by atoms with Gasteiger partial charge >= 0.3 is 0 Å². The Balaban J connectivity index is 2.48. The van der Waals surface area contributed by atoms with Crippen molar-refractivity contribution < 1.29 is 9.59 Å². The number of allylic oxidation sites excluding steroid dienone is 1. The molecule has 6 nitrogen and oxygen atoms in total. The van der Waals surface area contributed by atoms with Gasteiger partial charge in [0, 0.05) is 18.0 Å². The zero-order chi connectivity index (χ0) is 13.3. The Morgan fingerprint density at radius 3 is 2.78 bits per heavy atom. The molecule has 1 aromatic heterocycles. The lowest BCUT2D eigenvalue weighted by Crippen LogP contribution is -2.30. The molecule has 2 amide bonds. The maximum atomic E-state index is 11.4. The van der Waals surface area contributed by atoms with Gasteiger partial charge in [0.1, 0.15) is 11.7 Å². The van der Waals surface area contributed by atoms with Crippen molar-refractivity contribution in [1.29, 1.82) is 0 Å². The molecule has 0 saturated heterocycles. The van der Waals surface area contributed by atoms with Crippen LogP contribution in [0.15, 0.2) is 17.3 Å². The van der Waals surface area contributed by atoms with Crippen LogP contribution < -0.4 is 5.73 Å². The van der Waals surface area contributed by atoms with Crippen molar-refractivity contribution in [2.75, 3.05) is 0 Å². The molecule has 2 heterocycles. The summed E-state index contributed by atoms with van der Waals surface area (Å²) < 4.78 is 0. The summed E-state index contributed by atoms with van der Waals surface area (Å²) in [6, 6.07) is 0. The van der Waals surface area contributed by atoms with Crippen LogP contribution in [0, 0.1) is 19.8 Å². The summed E-state index contributed by atoms with van der Waals surface area (Å²) in [6.07, 6.45) is 4.57.